The molecule has 0 unspecified atom stereocenters. The first-order valence-electron chi connectivity index (χ1n) is 3.72. The summed E-state index contributed by atoms with van der Waals surface area (Å²) in [5.74, 6) is 0. The van der Waals surface area contributed by atoms with E-state index in [-0.39, 0.29) is 0 Å². The lowest BCUT2D eigenvalue weighted by molar-refractivity contribution is -0.440. The molecule has 0 aliphatic rings. The zero-order chi connectivity index (χ0) is 12.5. The van der Waals surface area contributed by atoms with E-state index in [1.54, 1.807) is 0 Å². The molecule has 0 bridgehead atoms. The molecule has 1 rings (SSSR count). The van der Waals surface area contributed by atoms with Crippen molar-refractivity contribution in [3.63, 3.8) is 0 Å². The molecule has 1 aromatic rings. The maximum absolute atomic E-state index is 10.5. The summed E-state index contributed by atoms with van der Waals surface area (Å²) in [6.45, 7) is 0. The van der Waals surface area contributed by atoms with Crippen LogP contribution in [0.25, 0.3) is 0 Å². The van der Waals surface area contributed by atoms with E-state index in [0.717, 1.165) is 12.1 Å². The molecule has 0 aromatic heterocycles. The molecule has 0 saturated heterocycles. The molecule has 0 fully saturated rings. The number of anilines is 1. The monoisotopic (exact) mass is 228 g/mol. The molecule has 0 heterocycles. The van der Waals surface area contributed by atoms with Crippen molar-refractivity contribution >= 4 is 22.7 Å². The van der Waals surface area contributed by atoms with Crippen LogP contribution in [-0.4, -0.2) is 14.8 Å². The predicted octanol–water partition coefficient (Wildman–Crippen LogP) is 0.993. The fourth-order valence-electron chi connectivity index (χ4n) is 1.10. The third kappa shape index (κ3) is 1.70. The molecule has 0 spiro atoms. The van der Waals surface area contributed by atoms with Crippen molar-refractivity contribution < 1.29 is 14.8 Å². The van der Waals surface area contributed by atoms with Crippen LogP contribution in [0.15, 0.2) is 12.1 Å². The SMILES string of the molecule is Nc1ccc([N+](=O)[O-])c([N+](=O)[O-])c1[N+](=O)[O-]. The van der Waals surface area contributed by atoms with Crippen LogP contribution in [0.5, 0.6) is 0 Å². The van der Waals surface area contributed by atoms with E-state index < -0.39 is 37.5 Å². The van der Waals surface area contributed by atoms with E-state index in [9.17, 15) is 30.3 Å². The number of hydrogen-bond acceptors (Lipinski definition) is 7. The molecular formula is C6H4N4O6. The quantitative estimate of drug-likeness (QED) is 0.459. The minimum Gasteiger partial charge on any atom is -0.393 e. The van der Waals surface area contributed by atoms with Crippen LogP contribution in [-0.2, 0) is 0 Å². The second-order valence-corrected chi connectivity index (χ2v) is 2.64. The Bertz CT molecular complexity index is 498. The van der Waals surface area contributed by atoms with Crippen LogP contribution in [0.3, 0.4) is 0 Å². The van der Waals surface area contributed by atoms with E-state index in [2.05, 4.69) is 0 Å². The summed E-state index contributed by atoms with van der Waals surface area (Å²) in [6.07, 6.45) is 0. The number of nitrogens with zero attached hydrogens (tertiary/aromatic N) is 3. The van der Waals surface area contributed by atoms with Crippen LogP contribution in [0, 0.1) is 30.3 Å². The van der Waals surface area contributed by atoms with Crippen molar-refractivity contribution in [1.29, 1.82) is 0 Å². The van der Waals surface area contributed by atoms with Gasteiger partial charge in [0.15, 0.2) is 0 Å². The molecule has 10 heteroatoms. The van der Waals surface area contributed by atoms with Crippen LogP contribution in [0.1, 0.15) is 0 Å². The molecule has 10 nitrogen and oxygen atoms in total. The Balaban J connectivity index is 3.70. The van der Waals surface area contributed by atoms with Crippen molar-refractivity contribution in [2.24, 2.45) is 0 Å². The van der Waals surface area contributed by atoms with Gasteiger partial charge in [-0.1, -0.05) is 0 Å². The van der Waals surface area contributed by atoms with Gasteiger partial charge in [0.05, 0.1) is 14.8 Å². The maximum atomic E-state index is 10.5. The van der Waals surface area contributed by atoms with E-state index >= 15 is 0 Å². The van der Waals surface area contributed by atoms with Crippen molar-refractivity contribution in [2.75, 3.05) is 5.73 Å². The highest BCUT2D eigenvalue weighted by Gasteiger charge is 2.37. The van der Waals surface area contributed by atoms with Gasteiger partial charge in [0.1, 0.15) is 5.69 Å². The average molecular weight is 228 g/mol. The van der Waals surface area contributed by atoms with Crippen molar-refractivity contribution in [3.8, 4) is 0 Å². The smallest absolute Gasteiger partial charge is 0.393 e. The number of rotatable bonds is 3. The molecule has 0 radical (unpaired) electrons. The van der Waals surface area contributed by atoms with Crippen LogP contribution < -0.4 is 5.73 Å². The van der Waals surface area contributed by atoms with Crippen LogP contribution >= 0.6 is 0 Å². The van der Waals surface area contributed by atoms with Gasteiger partial charge >= 0.3 is 17.1 Å². The Hall–Kier alpha value is -2.78. The van der Waals surface area contributed by atoms with Gasteiger partial charge in [0.2, 0.25) is 0 Å². The Morgan fingerprint density at radius 3 is 1.75 bits per heavy atom. The van der Waals surface area contributed by atoms with Gasteiger partial charge < -0.3 is 5.73 Å². The molecule has 1 aromatic carbocycles. The zero-order valence-corrected chi connectivity index (χ0v) is 7.52. The number of benzene rings is 1. The molecule has 84 valence electrons. The minimum absolute atomic E-state index is 0.498. The first-order valence-corrected chi connectivity index (χ1v) is 3.72. The average Bonchev–Trinajstić information content (AvgIpc) is 2.15. The van der Waals surface area contributed by atoms with Gasteiger partial charge in [0.25, 0.3) is 0 Å². The zero-order valence-electron chi connectivity index (χ0n) is 7.52. The molecule has 16 heavy (non-hydrogen) atoms. The van der Waals surface area contributed by atoms with Crippen molar-refractivity contribution in [1.82, 2.24) is 0 Å². The molecule has 0 aliphatic heterocycles. The van der Waals surface area contributed by atoms with Gasteiger partial charge in [-0.05, 0) is 6.07 Å². The van der Waals surface area contributed by atoms with E-state index in [0.29, 0.717) is 0 Å². The van der Waals surface area contributed by atoms with E-state index in [1.807, 2.05) is 0 Å². The lowest BCUT2D eigenvalue weighted by Crippen LogP contribution is -2.04. The van der Waals surface area contributed by atoms with Crippen molar-refractivity contribution in [2.45, 2.75) is 0 Å². The summed E-state index contributed by atoms with van der Waals surface area (Å²) in [7, 11) is 0. The van der Waals surface area contributed by atoms with Crippen molar-refractivity contribution in [3.05, 3.63) is 42.5 Å². The first kappa shape index (κ1) is 11.3. The topological polar surface area (TPSA) is 155 Å². The molecule has 0 amide bonds. The highest BCUT2D eigenvalue weighted by atomic mass is 16.6. The second kappa shape index (κ2) is 3.76. The highest BCUT2D eigenvalue weighted by Crippen LogP contribution is 2.39. The van der Waals surface area contributed by atoms with Crippen LogP contribution in [0.2, 0.25) is 0 Å². The van der Waals surface area contributed by atoms with Gasteiger partial charge in [-0.2, -0.15) is 0 Å². The van der Waals surface area contributed by atoms with Gasteiger partial charge in [-0.15, -0.1) is 0 Å². The molecule has 0 atom stereocenters. The number of nitrogen functional groups attached to an aromatic ring is 1. The second-order valence-electron chi connectivity index (χ2n) is 2.64. The summed E-state index contributed by atoms with van der Waals surface area (Å²) in [5, 5.41) is 31.5. The van der Waals surface area contributed by atoms with E-state index in [4.69, 9.17) is 5.73 Å². The summed E-state index contributed by atoms with van der Waals surface area (Å²) >= 11 is 0. The Morgan fingerprint density at radius 2 is 1.38 bits per heavy atom. The fourth-order valence-corrected chi connectivity index (χ4v) is 1.10. The Labute approximate surface area is 86.7 Å². The Morgan fingerprint density at radius 1 is 0.875 bits per heavy atom. The fraction of sp³-hybridized carbons (Fsp3) is 0. The molecule has 0 aliphatic carbocycles. The first-order chi connectivity index (χ1) is 7.36. The lowest BCUT2D eigenvalue weighted by atomic mass is 10.2. The maximum Gasteiger partial charge on any atom is 0.424 e. The number of nitro groups is 3. The van der Waals surface area contributed by atoms with E-state index in [1.165, 1.54) is 0 Å². The third-order valence-electron chi connectivity index (χ3n) is 1.72. The minimum atomic E-state index is -1.21. The van der Waals surface area contributed by atoms with Gasteiger partial charge in [-0.3, -0.25) is 30.3 Å². The summed E-state index contributed by atoms with van der Waals surface area (Å²) < 4.78 is 0. The van der Waals surface area contributed by atoms with Crippen LogP contribution in [0.4, 0.5) is 22.7 Å². The largest absolute Gasteiger partial charge is 0.424 e. The number of nitro benzene ring substituents is 3. The predicted molar refractivity (Wildman–Crippen MR) is 50.8 cm³/mol. The van der Waals surface area contributed by atoms with Gasteiger partial charge in [-0.25, -0.2) is 0 Å². The molecule has 2 N–H and O–H groups in total. The summed E-state index contributed by atoms with van der Waals surface area (Å²) in [5.41, 5.74) is 1.41. The number of nitrogens with two attached hydrogens (primary N) is 1. The highest BCUT2D eigenvalue weighted by molar-refractivity contribution is 5.76. The summed E-state index contributed by atoms with van der Waals surface area (Å²) in [6, 6.07) is 1.63. The molecule has 0 saturated carbocycles. The Kier molecular flexibility index (Phi) is 2.66. The standard InChI is InChI=1S/C6H4N4O6/c7-3-1-2-4(8(11)12)6(10(15)16)5(3)9(13)14/h1-2H,7H2. The normalized spacial score (nSPS) is 9.75. The lowest BCUT2D eigenvalue weighted by Gasteiger charge is -1.98. The third-order valence-corrected chi connectivity index (χ3v) is 1.72. The molecular weight excluding hydrogens is 224 g/mol. The number of hydrogen-bond donors (Lipinski definition) is 1. The summed E-state index contributed by atoms with van der Waals surface area (Å²) in [4.78, 5) is 28.1. The van der Waals surface area contributed by atoms with Gasteiger partial charge in [0, 0.05) is 6.07 Å².